The average molecular weight is 249 g/mol. The van der Waals surface area contributed by atoms with Crippen LogP contribution in [0.2, 0.25) is 0 Å². The topological polar surface area (TPSA) is 21.3 Å². The van der Waals surface area contributed by atoms with Crippen LogP contribution in [-0.4, -0.2) is 25.8 Å². The van der Waals surface area contributed by atoms with Gasteiger partial charge >= 0.3 is 0 Å². The fraction of sp³-hybridized carbons (Fsp3) is 0.625. The molecule has 1 atom stereocenters. The number of likely N-dealkylation sites (N-methyl/N-ethyl adjacent to an activating group) is 1. The van der Waals surface area contributed by atoms with Crippen LogP contribution in [0.25, 0.3) is 0 Å². The molecule has 1 N–H and O–H groups in total. The highest BCUT2D eigenvalue weighted by Gasteiger charge is 2.10. The molecule has 1 rings (SSSR count). The van der Waals surface area contributed by atoms with Crippen LogP contribution in [0, 0.1) is 13.8 Å². The highest BCUT2D eigenvalue weighted by atomic mass is 16.5. The van der Waals surface area contributed by atoms with Crippen LogP contribution in [0.15, 0.2) is 18.2 Å². The Balaban J connectivity index is 2.60. The van der Waals surface area contributed by atoms with Gasteiger partial charge < -0.3 is 10.1 Å². The lowest BCUT2D eigenvalue weighted by atomic mass is 9.99. The summed E-state index contributed by atoms with van der Waals surface area (Å²) >= 11 is 0. The lowest BCUT2D eigenvalue weighted by molar-refractivity contribution is 0.112. The molecule has 0 radical (unpaired) electrons. The van der Waals surface area contributed by atoms with Crippen molar-refractivity contribution in [1.82, 2.24) is 5.32 Å². The maximum atomic E-state index is 5.68. The summed E-state index contributed by atoms with van der Waals surface area (Å²) in [5, 5.41) is 3.51. The Morgan fingerprint density at radius 2 is 2.00 bits per heavy atom. The van der Waals surface area contributed by atoms with E-state index in [1.165, 1.54) is 16.7 Å². The number of hydrogen-bond donors (Lipinski definition) is 1. The predicted molar refractivity (Wildman–Crippen MR) is 78.2 cm³/mol. The molecule has 0 heterocycles. The van der Waals surface area contributed by atoms with Gasteiger partial charge in [-0.05, 0) is 44.4 Å². The summed E-state index contributed by atoms with van der Waals surface area (Å²) in [7, 11) is 0. The zero-order valence-electron chi connectivity index (χ0n) is 12.3. The van der Waals surface area contributed by atoms with Crippen molar-refractivity contribution >= 4 is 0 Å². The molecule has 0 spiro atoms. The van der Waals surface area contributed by atoms with Crippen LogP contribution < -0.4 is 5.32 Å². The normalized spacial score (nSPS) is 12.7. The lowest BCUT2D eigenvalue weighted by Crippen LogP contribution is -2.35. The van der Waals surface area contributed by atoms with E-state index < -0.39 is 0 Å². The zero-order valence-corrected chi connectivity index (χ0v) is 12.3. The highest BCUT2D eigenvalue weighted by Crippen LogP contribution is 2.13. The van der Waals surface area contributed by atoms with Crippen LogP contribution >= 0.6 is 0 Å². The Morgan fingerprint density at radius 1 is 1.22 bits per heavy atom. The molecule has 1 unspecified atom stereocenters. The average Bonchev–Trinajstić information content (AvgIpc) is 2.34. The van der Waals surface area contributed by atoms with E-state index in [9.17, 15) is 0 Å². The Hall–Kier alpha value is -0.860. The second kappa shape index (κ2) is 8.28. The van der Waals surface area contributed by atoms with Crippen molar-refractivity contribution < 1.29 is 4.74 Å². The Morgan fingerprint density at radius 3 is 2.67 bits per heavy atom. The van der Waals surface area contributed by atoms with Crippen LogP contribution in [0.5, 0.6) is 0 Å². The first kappa shape index (κ1) is 15.2. The molecular weight excluding hydrogens is 222 g/mol. The summed E-state index contributed by atoms with van der Waals surface area (Å²) in [4.78, 5) is 0. The largest absolute Gasteiger partial charge is 0.380 e. The minimum atomic E-state index is 0.419. The van der Waals surface area contributed by atoms with Crippen molar-refractivity contribution in [1.29, 1.82) is 0 Å². The predicted octanol–water partition coefficient (Wildman–Crippen LogP) is 3.25. The molecule has 102 valence electrons. The van der Waals surface area contributed by atoms with Gasteiger partial charge in [-0.3, -0.25) is 0 Å². The van der Waals surface area contributed by atoms with E-state index >= 15 is 0 Å². The molecule has 0 aliphatic rings. The minimum Gasteiger partial charge on any atom is -0.380 e. The summed E-state index contributed by atoms with van der Waals surface area (Å²) in [6, 6.07) is 7.09. The summed E-state index contributed by atoms with van der Waals surface area (Å²) in [6.45, 7) is 11.3. The van der Waals surface area contributed by atoms with Crippen molar-refractivity contribution in [2.24, 2.45) is 0 Å². The molecule has 0 aromatic heterocycles. The van der Waals surface area contributed by atoms with Crippen molar-refractivity contribution in [3.8, 4) is 0 Å². The summed E-state index contributed by atoms with van der Waals surface area (Å²) in [5.41, 5.74) is 4.14. The molecule has 0 bridgehead atoms. The van der Waals surface area contributed by atoms with Gasteiger partial charge in [0, 0.05) is 12.6 Å². The molecule has 0 amide bonds. The van der Waals surface area contributed by atoms with Gasteiger partial charge in [0.1, 0.15) is 0 Å². The molecule has 18 heavy (non-hydrogen) atoms. The first-order valence-corrected chi connectivity index (χ1v) is 7.04. The van der Waals surface area contributed by atoms with E-state index in [-0.39, 0.29) is 0 Å². The minimum absolute atomic E-state index is 0.419. The second-order valence-corrected chi connectivity index (χ2v) is 4.96. The van der Waals surface area contributed by atoms with Crippen molar-refractivity contribution in [3.63, 3.8) is 0 Å². The second-order valence-electron chi connectivity index (χ2n) is 4.96. The first-order chi connectivity index (χ1) is 8.67. The molecule has 1 aromatic rings. The lowest BCUT2D eigenvalue weighted by Gasteiger charge is -2.19. The number of benzene rings is 1. The molecule has 0 aliphatic heterocycles. The maximum Gasteiger partial charge on any atom is 0.0622 e. The van der Waals surface area contributed by atoms with Crippen LogP contribution in [0.3, 0.4) is 0 Å². The molecule has 0 fully saturated rings. The first-order valence-electron chi connectivity index (χ1n) is 7.04. The number of hydrogen-bond acceptors (Lipinski definition) is 2. The number of rotatable bonds is 8. The molecule has 0 saturated heterocycles. The third-order valence-electron chi connectivity index (χ3n) is 3.13. The standard InChI is InChI=1S/C16H27NO/c1-5-9-18-12-16(17-6-2)11-15-10-13(3)7-8-14(15)4/h7-8,10,16-17H,5-6,9,11-12H2,1-4H3. The number of nitrogens with one attached hydrogen (secondary N) is 1. The third-order valence-corrected chi connectivity index (χ3v) is 3.13. The highest BCUT2D eigenvalue weighted by molar-refractivity contribution is 5.31. The van der Waals surface area contributed by atoms with Gasteiger partial charge in [-0.15, -0.1) is 0 Å². The van der Waals surface area contributed by atoms with Gasteiger partial charge in [0.2, 0.25) is 0 Å². The van der Waals surface area contributed by atoms with Crippen LogP contribution in [0.4, 0.5) is 0 Å². The van der Waals surface area contributed by atoms with Crippen molar-refractivity contribution in [2.75, 3.05) is 19.8 Å². The van der Waals surface area contributed by atoms with Gasteiger partial charge in [0.05, 0.1) is 6.61 Å². The quantitative estimate of drug-likeness (QED) is 0.714. The van der Waals surface area contributed by atoms with E-state index in [0.29, 0.717) is 6.04 Å². The van der Waals surface area contributed by atoms with Crippen molar-refractivity contribution in [3.05, 3.63) is 34.9 Å². The van der Waals surface area contributed by atoms with E-state index in [2.05, 4.69) is 51.2 Å². The van der Waals surface area contributed by atoms with Gasteiger partial charge in [-0.2, -0.15) is 0 Å². The van der Waals surface area contributed by atoms with Gasteiger partial charge in [0.15, 0.2) is 0 Å². The molecule has 0 aliphatic carbocycles. The van der Waals surface area contributed by atoms with Gasteiger partial charge in [0.25, 0.3) is 0 Å². The summed E-state index contributed by atoms with van der Waals surface area (Å²) in [5.74, 6) is 0. The van der Waals surface area contributed by atoms with E-state index in [1.54, 1.807) is 0 Å². The van der Waals surface area contributed by atoms with E-state index in [4.69, 9.17) is 4.74 Å². The monoisotopic (exact) mass is 249 g/mol. The Kier molecular flexibility index (Phi) is 6.99. The summed E-state index contributed by atoms with van der Waals surface area (Å²) in [6.07, 6.45) is 2.13. The molecule has 2 heteroatoms. The molecular formula is C16H27NO. The van der Waals surface area contributed by atoms with Crippen molar-refractivity contribution in [2.45, 2.75) is 46.6 Å². The van der Waals surface area contributed by atoms with E-state index in [0.717, 1.165) is 32.6 Å². The third kappa shape index (κ3) is 5.19. The summed E-state index contributed by atoms with van der Waals surface area (Å²) < 4.78 is 5.68. The Bertz CT molecular complexity index is 349. The SMILES string of the molecule is CCCOCC(Cc1cc(C)ccc1C)NCC. The van der Waals surface area contributed by atoms with Crippen LogP contribution in [0.1, 0.15) is 37.0 Å². The Labute approximate surface area is 112 Å². The number of ether oxygens (including phenoxy) is 1. The van der Waals surface area contributed by atoms with E-state index in [1.807, 2.05) is 0 Å². The zero-order chi connectivity index (χ0) is 13.4. The molecule has 2 nitrogen and oxygen atoms in total. The fourth-order valence-corrected chi connectivity index (χ4v) is 2.13. The van der Waals surface area contributed by atoms with Crippen LogP contribution in [-0.2, 0) is 11.2 Å². The van der Waals surface area contributed by atoms with Gasteiger partial charge in [-0.25, -0.2) is 0 Å². The van der Waals surface area contributed by atoms with Gasteiger partial charge in [-0.1, -0.05) is 37.6 Å². The molecule has 0 saturated carbocycles. The smallest absolute Gasteiger partial charge is 0.0622 e. The maximum absolute atomic E-state index is 5.68. The number of aryl methyl sites for hydroxylation is 2. The fourth-order valence-electron chi connectivity index (χ4n) is 2.13. The molecule has 1 aromatic carbocycles.